The van der Waals surface area contributed by atoms with E-state index in [1.54, 1.807) is 12.1 Å². The van der Waals surface area contributed by atoms with E-state index >= 15 is 0 Å². The van der Waals surface area contributed by atoms with Gasteiger partial charge < -0.3 is 0 Å². The molecule has 0 aromatic heterocycles. The maximum absolute atomic E-state index is 11.5. The lowest BCUT2D eigenvalue weighted by atomic mass is 10.1. The summed E-state index contributed by atoms with van der Waals surface area (Å²) in [6.07, 6.45) is 1.70. The molecule has 4 nitrogen and oxygen atoms in total. The molecule has 1 heterocycles. The SMILES string of the molecule is CCCc1cc(Cl)c2c(c1)N(O)C(=O)C2=O. The lowest BCUT2D eigenvalue weighted by molar-refractivity contribution is -0.118. The van der Waals surface area contributed by atoms with Gasteiger partial charge in [-0.05, 0) is 24.1 Å². The Morgan fingerprint density at radius 2 is 2.06 bits per heavy atom. The first-order valence-electron chi connectivity index (χ1n) is 4.96. The number of hydrogen-bond donors (Lipinski definition) is 1. The van der Waals surface area contributed by atoms with E-state index in [0.717, 1.165) is 18.4 Å². The Morgan fingerprint density at radius 1 is 1.38 bits per heavy atom. The summed E-state index contributed by atoms with van der Waals surface area (Å²) in [6.45, 7) is 2.01. The Balaban J connectivity index is 2.58. The zero-order valence-corrected chi connectivity index (χ0v) is 9.41. The fraction of sp³-hybridized carbons (Fsp3) is 0.273. The van der Waals surface area contributed by atoms with Crippen molar-refractivity contribution in [3.63, 3.8) is 0 Å². The van der Waals surface area contributed by atoms with Crippen LogP contribution in [0.4, 0.5) is 5.69 Å². The third kappa shape index (κ3) is 1.50. The van der Waals surface area contributed by atoms with Gasteiger partial charge in [0.25, 0.3) is 5.78 Å². The number of amides is 1. The van der Waals surface area contributed by atoms with Crippen molar-refractivity contribution >= 4 is 29.0 Å². The molecule has 0 bridgehead atoms. The molecule has 1 aromatic carbocycles. The highest BCUT2D eigenvalue weighted by Gasteiger charge is 2.37. The molecule has 0 saturated carbocycles. The summed E-state index contributed by atoms with van der Waals surface area (Å²) in [6, 6.07) is 3.28. The highest BCUT2D eigenvalue weighted by atomic mass is 35.5. The van der Waals surface area contributed by atoms with E-state index < -0.39 is 11.7 Å². The first-order chi connectivity index (χ1) is 7.56. The van der Waals surface area contributed by atoms with E-state index in [0.29, 0.717) is 5.06 Å². The standard InChI is InChI=1S/C11H10ClNO3/c1-2-3-6-4-7(12)9-8(5-6)13(16)11(15)10(9)14/h4-5,16H,2-3H2,1H3. The Bertz CT molecular complexity index is 484. The molecule has 0 radical (unpaired) electrons. The molecule has 1 aromatic rings. The van der Waals surface area contributed by atoms with Crippen molar-refractivity contribution in [1.29, 1.82) is 0 Å². The molecule has 84 valence electrons. The summed E-state index contributed by atoms with van der Waals surface area (Å²) < 4.78 is 0. The van der Waals surface area contributed by atoms with Crippen molar-refractivity contribution in [2.24, 2.45) is 0 Å². The Kier molecular flexibility index (Phi) is 2.69. The first-order valence-corrected chi connectivity index (χ1v) is 5.34. The molecule has 0 atom stereocenters. The minimum atomic E-state index is -0.953. The largest absolute Gasteiger partial charge is 0.323 e. The predicted molar refractivity (Wildman–Crippen MR) is 59.1 cm³/mol. The average molecular weight is 240 g/mol. The number of rotatable bonds is 2. The molecule has 0 aliphatic carbocycles. The molecule has 1 amide bonds. The van der Waals surface area contributed by atoms with Gasteiger partial charge in [0.1, 0.15) is 0 Å². The van der Waals surface area contributed by atoms with Crippen molar-refractivity contribution < 1.29 is 14.8 Å². The molecule has 0 unspecified atom stereocenters. The van der Waals surface area contributed by atoms with Gasteiger partial charge in [0, 0.05) is 0 Å². The number of nitrogens with zero attached hydrogens (tertiary/aromatic N) is 1. The van der Waals surface area contributed by atoms with Gasteiger partial charge in [-0.3, -0.25) is 14.8 Å². The number of carbonyl (C=O) groups is 2. The van der Waals surface area contributed by atoms with Crippen LogP contribution in [0, 0.1) is 0 Å². The minimum Gasteiger partial charge on any atom is -0.283 e. The van der Waals surface area contributed by atoms with E-state index in [2.05, 4.69) is 0 Å². The molecule has 0 fully saturated rings. The van der Waals surface area contributed by atoms with Gasteiger partial charge in [0.05, 0.1) is 16.3 Å². The Hall–Kier alpha value is -1.39. The van der Waals surface area contributed by atoms with Gasteiger partial charge in [0.15, 0.2) is 0 Å². The van der Waals surface area contributed by atoms with Crippen molar-refractivity contribution in [3.05, 3.63) is 28.3 Å². The van der Waals surface area contributed by atoms with E-state index in [1.165, 1.54) is 0 Å². The van der Waals surface area contributed by atoms with Crippen molar-refractivity contribution in [2.75, 3.05) is 5.06 Å². The molecule has 0 saturated heterocycles. The second kappa shape index (κ2) is 3.88. The summed E-state index contributed by atoms with van der Waals surface area (Å²) in [7, 11) is 0. The van der Waals surface area contributed by atoms with E-state index in [-0.39, 0.29) is 16.3 Å². The summed E-state index contributed by atoms with van der Waals surface area (Å²) in [5.41, 5.74) is 1.17. The summed E-state index contributed by atoms with van der Waals surface area (Å²) >= 11 is 5.93. The number of carbonyl (C=O) groups excluding carboxylic acids is 2. The zero-order chi connectivity index (χ0) is 11.9. The van der Waals surface area contributed by atoms with Crippen LogP contribution in [0.15, 0.2) is 12.1 Å². The van der Waals surface area contributed by atoms with Gasteiger partial charge in [-0.15, -0.1) is 0 Å². The van der Waals surface area contributed by atoms with Crippen molar-refractivity contribution in [1.82, 2.24) is 0 Å². The van der Waals surface area contributed by atoms with Crippen LogP contribution < -0.4 is 5.06 Å². The van der Waals surface area contributed by atoms with Crippen molar-refractivity contribution in [3.8, 4) is 0 Å². The Morgan fingerprint density at radius 3 is 2.69 bits per heavy atom. The third-order valence-corrected chi connectivity index (χ3v) is 2.81. The number of ketones is 1. The van der Waals surface area contributed by atoms with Crippen LogP contribution in [0.2, 0.25) is 5.02 Å². The molecule has 5 heteroatoms. The van der Waals surface area contributed by atoms with E-state index in [9.17, 15) is 14.8 Å². The smallest absolute Gasteiger partial charge is 0.283 e. The molecular weight excluding hydrogens is 230 g/mol. The second-order valence-electron chi connectivity index (χ2n) is 3.67. The monoisotopic (exact) mass is 239 g/mol. The van der Waals surface area contributed by atoms with Crippen LogP contribution in [-0.2, 0) is 11.2 Å². The highest BCUT2D eigenvalue weighted by Crippen LogP contribution is 2.34. The number of aryl methyl sites for hydroxylation is 1. The van der Waals surface area contributed by atoms with Gasteiger partial charge >= 0.3 is 5.91 Å². The molecule has 1 N–H and O–H groups in total. The number of Topliss-reactive ketones (excluding diaryl/α,β-unsaturated/α-hetero) is 1. The molecule has 2 rings (SSSR count). The van der Waals surface area contributed by atoms with Gasteiger partial charge in [-0.25, -0.2) is 0 Å². The molecule has 0 spiro atoms. The first kappa shape index (κ1) is 11.1. The maximum Gasteiger partial charge on any atom is 0.323 e. The van der Waals surface area contributed by atoms with Crippen molar-refractivity contribution in [2.45, 2.75) is 19.8 Å². The molecule has 16 heavy (non-hydrogen) atoms. The molecular formula is C11H10ClNO3. The van der Waals surface area contributed by atoms with Crippen LogP contribution >= 0.6 is 11.6 Å². The predicted octanol–water partition coefficient (Wildman–Crippen LogP) is 2.21. The zero-order valence-electron chi connectivity index (χ0n) is 8.66. The second-order valence-corrected chi connectivity index (χ2v) is 4.08. The van der Waals surface area contributed by atoms with Crippen LogP contribution in [0.1, 0.15) is 29.3 Å². The number of halogens is 1. The lowest BCUT2D eigenvalue weighted by Gasteiger charge is -2.09. The van der Waals surface area contributed by atoms with E-state index in [4.69, 9.17) is 11.6 Å². The van der Waals surface area contributed by atoms with Crippen LogP contribution in [0.5, 0.6) is 0 Å². The molecule has 1 aliphatic rings. The van der Waals surface area contributed by atoms with Crippen LogP contribution in [0.3, 0.4) is 0 Å². The van der Waals surface area contributed by atoms with E-state index in [1.807, 2.05) is 6.92 Å². The summed E-state index contributed by atoms with van der Waals surface area (Å²) in [4.78, 5) is 22.7. The average Bonchev–Trinajstić information content (AvgIpc) is 2.45. The topological polar surface area (TPSA) is 57.6 Å². The molecule has 1 aliphatic heterocycles. The maximum atomic E-state index is 11.5. The van der Waals surface area contributed by atoms with Gasteiger partial charge in [0.2, 0.25) is 0 Å². The summed E-state index contributed by atoms with van der Waals surface area (Å²) in [5.74, 6) is -1.71. The minimum absolute atomic E-state index is 0.0917. The highest BCUT2D eigenvalue weighted by molar-refractivity contribution is 6.54. The van der Waals surface area contributed by atoms with Gasteiger partial charge in [-0.2, -0.15) is 5.06 Å². The van der Waals surface area contributed by atoms with Crippen LogP contribution in [0.25, 0.3) is 0 Å². The van der Waals surface area contributed by atoms with Gasteiger partial charge in [-0.1, -0.05) is 24.9 Å². The fourth-order valence-corrected chi connectivity index (χ4v) is 2.11. The number of anilines is 1. The summed E-state index contributed by atoms with van der Waals surface area (Å²) in [5, 5.41) is 10.0. The number of hydroxylamine groups is 1. The normalized spacial score (nSPS) is 14.6. The van der Waals surface area contributed by atoms with Crippen LogP contribution in [-0.4, -0.2) is 16.9 Å². The number of fused-ring (bicyclic) bond motifs is 1. The lowest BCUT2D eigenvalue weighted by Crippen LogP contribution is -2.25. The number of benzene rings is 1. The fourth-order valence-electron chi connectivity index (χ4n) is 1.78. The third-order valence-electron chi connectivity index (χ3n) is 2.51. The Labute approximate surface area is 97.4 Å². The quantitative estimate of drug-likeness (QED) is 0.636. The number of hydrogen-bond acceptors (Lipinski definition) is 3.